The molecule has 0 saturated carbocycles. The maximum absolute atomic E-state index is 6.26. The molecule has 0 atom stereocenters. The fourth-order valence-electron chi connectivity index (χ4n) is 1.14. The number of hydrogen-bond acceptors (Lipinski definition) is 2. The average molecular weight is 268 g/mol. The van der Waals surface area contributed by atoms with E-state index in [0.717, 1.165) is 19.3 Å². The van der Waals surface area contributed by atoms with Crippen LogP contribution in [0.1, 0.15) is 25.1 Å². The van der Waals surface area contributed by atoms with Crippen LogP contribution >= 0.6 is 0 Å². The van der Waals surface area contributed by atoms with Gasteiger partial charge >= 0.3 is 0 Å². The Kier molecular flexibility index (Phi) is 13.0. The number of nitrogens with zero attached hydrogens (tertiary/aromatic N) is 2. The van der Waals surface area contributed by atoms with Crippen molar-refractivity contribution in [3.05, 3.63) is 23.5 Å². The number of aryl methyl sites for hydroxylation is 1. The first-order chi connectivity index (χ1) is 8.95. The Morgan fingerprint density at radius 1 is 1.42 bits per heavy atom. The highest BCUT2D eigenvalue weighted by molar-refractivity contribution is 5.83. The monoisotopic (exact) mass is 268 g/mol. The molecule has 0 spiro atoms. The lowest BCUT2D eigenvalue weighted by atomic mass is 10.2. The SMILES string of the molecule is CC.Cc1cc(CCN(C)C)c[nH]1.N=CN=C(N)N. The van der Waals surface area contributed by atoms with Crippen molar-refractivity contribution in [2.24, 2.45) is 16.5 Å². The quantitative estimate of drug-likeness (QED) is 0.488. The molecule has 0 unspecified atom stereocenters. The number of aliphatic imine (C=N–C) groups is 1. The van der Waals surface area contributed by atoms with Crippen LogP contribution in [0, 0.1) is 12.3 Å². The molecular formula is C13H28N6. The van der Waals surface area contributed by atoms with Gasteiger partial charge in [0.25, 0.3) is 0 Å². The lowest BCUT2D eigenvalue weighted by Crippen LogP contribution is -2.22. The molecule has 0 saturated heterocycles. The molecular weight excluding hydrogens is 240 g/mol. The van der Waals surface area contributed by atoms with E-state index in [1.54, 1.807) is 0 Å². The number of hydrogen-bond donors (Lipinski definition) is 4. The van der Waals surface area contributed by atoms with Crippen LogP contribution in [0.25, 0.3) is 0 Å². The summed E-state index contributed by atoms with van der Waals surface area (Å²) in [6.45, 7) is 7.20. The van der Waals surface area contributed by atoms with Crippen molar-refractivity contribution < 1.29 is 0 Å². The molecule has 0 fully saturated rings. The van der Waals surface area contributed by atoms with Gasteiger partial charge in [0, 0.05) is 18.4 Å². The second kappa shape index (κ2) is 12.6. The summed E-state index contributed by atoms with van der Waals surface area (Å²) in [5.41, 5.74) is 12.2. The second-order valence-corrected chi connectivity index (χ2v) is 3.93. The maximum Gasteiger partial charge on any atom is 0.192 e. The van der Waals surface area contributed by atoms with Gasteiger partial charge in [-0.25, -0.2) is 4.99 Å². The number of rotatable bonds is 4. The van der Waals surface area contributed by atoms with Gasteiger partial charge in [-0.2, -0.15) is 0 Å². The summed E-state index contributed by atoms with van der Waals surface area (Å²) < 4.78 is 0. The van der Waals surface area contributed by atoms with Crippen LogP contribution in [0.3, 0.4) is 0 Å². The predicted molar refractivity (Wildman–Crippen MR) is 83.7 cm³/mol. The second-order valence-electron chi connectivity index (χ2n) is 3.93. The van der Waals surface area contributed by atoms with Gasteiger partial charge in [0.05, 0.1) is 0 Å². The van der Waals surface area contributed by atoms with E-state index in [1.807, 2.05) is 13.8 Å². The van der Waals surface area contributed by atoms with Gasteiger partial charge in [0.2, 0.25) is 0 Å². The summed E-state index contributed by atoms with van der Waals surface area (Å²) in [5.74, 6) is -0.0787. The first-order valence-corrected chi connectivity index (χ1v) is 6.32. The van der Waals surface area contributed by atoms with Gasteiger partial charge in [-0.3, -0.25) is 5.41 Å². The molecule has 0 aliphatic rings. The molecule has 110 valence electrons. The van der Waals surface area contributed by atoms with Gasteiger partial charge < -0.3 is 21.4 Å². The first-order valence-electron chi connectivity index (χ1n) is 6.32. The van der Waals surface area contributed by atoms with Gasteiger partial charge in [-0.1, -0.05) is 13.8 Å². The third-order valence-corrected chi connectivity index (χ3v) is 1.95. The van der Waals surface area contributed by atoms with Crippen LogP contribution in [0.5, 0.6) is 0 Å². The Labute approximate surface area is 116 Å². The number of nitrogens with one attached hydrogen (secondary N) is 2. The highest BCUT2D eigenvalue weighted by Gasteiger charge is 1.95. The molecule has 0 aliphatic heterocycles. The fourth-order valence-corrected chi connectivity index (χ4v) is 1.14. The summed E-state index contributed by atoms with van der Waals surface area (Å²) >= 11 is 0. The smallest absolute Gasteiger partial charge is 0.192 e. The Bertz CT molecular complexity index is 350. The van der Waals surface area contributed by atoms with Crippen molar-refractivity contribution in [1.29, 1.82) is 5.41 Å². The minimum atomic E-state index is -0.0787. The molecule has 1 rings (SSSR count). The summed E-state index contributed by atoms with van der Waals surface area (Å²) in [7, 11) is 4.19. The normalized spacial score (nSPS) is 8.74. The van der Waals surface area contributed by atoms with Crippen LogP contribution in [-0.4, -0.2) is 42.8 Å². The van der Waals surface area contributed by atoms with Crippen LogP contribution in [0.2, 0.25) is 0 Å². The van der Waals surface area contributed by atoms with Crippen molar-refractivity contribution in [2.45, 2.75) is 27.2 Å². The van der Waals surface area contributed by atoms with Gasteiger partial charge in [-0.15, -0.1) is 0 Å². The third-order valence-electron chi connectivity index (χ3n) is 1.95. The molecule has 1 heterocycles. The van der Waals surface area contributed by atoms with Crippen molar-refractivity contribution in [2.75, 3.05) is 20.6 Å². The van der Waals surface area contributed by atoms with E-state index in [2.05, 4.69) is 48.2 Å². The molecule has 1 aromatic heterocycles. The van der Waals surface area contributed by atoms with Crippen molar-refractivity contribution in [1.82, 2.24) is 9.88 Å². The Morgan fingerprint density at radius 2 is 2.00 bits per heavy atom. The van der Waals surface area contributed by atoms with Crippen LogP contribution < -0.4 is 11.5 Å². The van der Waals surface area contributed by atoms with E-state index in [1.165, 1.54) is 11.3 Å². The Hall–Kier alpha value is -1.82. The zero-order chi connectivity index (χ0) is 15.3. The van der Waals surface area contributed by atoms with Crippen molar-refractivity contribution in [3.63, 3.8) is 0 Å². The minimum absolute atomic E-state index is 0.0787. The predicted octanol–water partition coefficient (Wildman–Crippen LogP) is 1.32. The van der Waals surface area contributed by atoms with Gasteiger partial charge in [0.1, 0.15) is 6.34 Å². The Balaban J connectivity index is 0. The maximum atomic E-state index is 6.26. The molecule has 0 aromatic carbocycles. The molecule has 6 N–H and O–H groups in total. The molecule has 6 nitrogen and oxygen atoms in total. The first kappa shape index (κ1) is 19.5. The fraction of sp³-hybridized carbons (Fsp3) is 0.538. The molecule has 0 aliphatic carbocycles. The van der Waals surface area contributed by atoms with Gasteiger partial charge in [0.15, 0.2) is 5.96 Å². The highest BCUT2D eigenvalue weighted by Crippen LogP contribution is 2.02. The molecule has 0 bridgehead atoms. The zero-order valence-corrected chi connectivity index (χ0v) is 12.7. The number of aromatic amines is 1. The zero-order valence-electron chi connectivity index (χ0n) is 12.7. The van der Waals surface area contributed by atoms with Crippen LogP contribution in [0.15, 0.2) is 17.3 Å². The van der Waals surface area contributed by atoms with E-state index in [9.17, 15) is 0 Å². The summed E-state index contributed by atoms with van der Waals surface area (Å²) in [6, 6.07) is 2.20. The van der Waals surface area contributed by atoms with E-state index in [4.69, 9.17) is 16.9 Å². The summed E-state index contributed by atoms with van der Waals surface area (Å²) in [4.78, 5) is 8.51. The van der Waals surface area contributed by atoms with Crippen molar-refractivity contribution >= 4 is 12.3 Å². The number of likely N-dealkylation sites (N-methyl/N-ethyl adjacent to an activating group) is 1. The number of guanidine groups is 1. The van der Waals surface area contributed by atoms with E-state index < -0.39 is 0 Å². The average Bonchev–Trinajstić information content (AvgIpc) is 2.76. The number of aromatic nitrogens is 1. The lowest BCUT2D eigenvalue weighted by Gasteiger charge is -2.06. The standard InChI is InChI=1S/C9H16N2.C2H6N4.C2H6/c1-8-6-9(7-10-8)4-5-11(2)3;3-1-6-2(4)5;1-2/h6-7,10H,4-5H2,1-3H3;1H,(H5,3,4,5,6);1-2H3. The van der Waals surface area contributed by atoms with Gasteiger partial charge in [-0.05, 0) is 39.1 Å². The number of H-pyrrole nitrogens is 1. The molecule has 6 heteroatoms. The lowest BCUT2D eigenvalue weighted by molar-refractivity contribution is 0.414. The molecule has 0 amide bonds. The van der Waals surface area contributed by atoms with Crippen LogP contribution in [-0.2, 0) is 6.42 Å². The van der Waals surface area contributed by atoms with Crippen molar-refractivity contribution in [3.8, 4) is 0 Å². The summed E-state index contributed by atoms with van der Waals surface area (Å²) in [6.07, 6.45) is 4.01. The topological polar surface area (TPSA) is 107 Å². The van der Waals surface area contributed by atoms with Crippen LogP contribution in [0.4, 0.5) is 0 Å². The number of nitrogens with two attached hydrogens (primary N) is 2. The molecule has 19 heavy (non-hydrogen) atoms. The van der Waals surface area contributed by atoms with E-state index in [-0.39, 0.29) is 5.96 Å². The molecule has 1 aromatic rings. The van der Waals surface area contributed by atoms with E-state index in [0.29, 0.717) is 0 Å². The third kappa shape index (κ3) is 14.1. The van der Waals surface area contributed by atoms with E-state index >= 15 is 0 Å². The Morgan fingerprint density at radius 3 is 2.26 bits per heavy atom. The highest BCUT2D eigenvalue weighted by atomic mass is 15.0. The molecule has 0 radical (unpaired) electrons. The summed E-state index contributed by atoms with van der Waals surface area (Å²) in [5, 5.41) is 6.26. The largest absolute Gasteiger partial charge is 0.370 e. The minimum Gasteiger partial charge on any atom is -0.370 e.